The zero-order valence-electron chi connectivity index (χ0n) is 14.6. The molecule has 4 nitrogen and oxygen atoms in total. The number of ether oxygens (including phenoxy) is 1. The summed E-state index contributed by atoms with van der Waals surface area (Å²) in [6.07, 6.45) is 1.47. The largest absolute Gasteiger partial charge is 0.460 e. The molecule has 1 fully saturated rings. The van der Waals surface area contributed by atoms with E-state index in [2.05, 4.69) is 11.8 Å². The summed E-state index contributed by atoms with van der Waals surface area (Å²) >= 11 is 0. The van der Waals surface area contributed by atoms with Gasteiger partial charge in [0.25, 0.3) is 0 Å². The highest BCUT2D eigenvalue weighted by Crippen LogP contribution is 2.32. The third-order valence-corrected chi connectivity index (χ3v) is 4.93. The highest BCUT2D eigenvalue weighted by Gasteiger charge is 2.42. The van der Waals surface area contributed by atoms with Gasteiger partial charge < -0.3 is 14.7 Å². The number of likely N-dealkylation sites (tertiary alicyclic amines) is 1. The van der Waals surface area contributed by atoms with E-state index < -0.39 is 11.6 Å². The molecule has 0 saturated carbocycles. The van der Waals surface area contributed by atoms with Crippen LogP contribution < -0.4 is 0 Å². The Morgan fingerprint density at radius 1 is 1.04 bits per heavy atom. The summed E-state index contributed by atoms with van der Waals surface area (Å²) in [5, 5.41) is 11.4. The topological polar surface area (TPSA) is 49.8 Å². The molecule has 0 aromatic heterocycles. The molecule has 1 heterocycles. The second-order valence-electron chi connectivity index (χ2n) is 6.48. The third-order valence-electron chi connectivity index (χ3n) is 4.93. The SMILES string of the molecule is CCN1CCC(OC(=O)C(O)(c2ccccc2)c2ccccc2)CC1. The van der Waals surface area contributed by atoms with Crippen molar-refractivity contribution in [2.24, 2.45) is 0 Å². The molecule has 25 heavy (non-hydrogen) atoms. The van der Waals surface area contributed by atoms with Crippen molar-refractivity contribution in [2.75, 3.05) is 19.6 Å². The van der Waals surface area contributed by atoms with Gasteiger partial charge in [-0.15, -0.1) is 0 Å². The molecule has 1 N–H and O–H groups in total. The molecule has 0 amide bonds. The van der Waals surface area contributed by atoms with Gasteiger partial charge in [0.15, 0.2) is 0 Å². The van der Waals surface area contributed by atoms with E-state index >= 15 is 0 Å². The van der Waals surface area contributed by atoms with Gasteiger partial charge in [-0.05, 0) is 30.5 Å². The molecular weight excluding hydrogens is 314 g/mol. The van der Waals surface area contributed by atoms with E-state index in [0.29, 0.717) is 11.1 Å². The van der Waals surface area contributed by atoms with Crippen molar-refractivity contribution in [1.29, 1.82) is 0 Å². The number of carbonyl (C=O) groups excluding carboxylic acids is 1. The van der Waals surface area contributed by atoms with Gasteiger partial charge in [0.2, 0.25) is 5.60 Å². The van der Waals surface area contributed by atoms with Gasteiger partial charge in [0.05, 0.1) is 0 Å². The molecule has 0 aliphatic carbocycles. The fourth-order valence-corrected chi connectivity index (χ4v) is 3.34. The number of hydrogen-bond acceptors (Lipinski definition) is 4. The van der Waals surface area contributed by atoms with Gasteiger partial charge in [0.1, 0.15) is 6.10 Å². The summed E-state index contributed by atoms with van der Waals surface area (Å²) in [5.41, 5.74) is -0.737. The van der Waals surface area contributed by atoms with Crippen molar-refractivity contribution in [3.8, 4) is 0 Å². The van der Waals surface area contributed by atoms with Gasteiger partial charge in [-0.2, -0.15) is 0 Å². The minimum atomic E-state index is -1.79. The molecule has 0 unspecified atom stereocenters. The lowest BCUT2D eigenvalue weighted by atomic mass is 9.86. The van der Waals surface area contributed by atoms with Crippen LogP contribution in [0.15, 0.2) is 60.7 Å². The van der Waals surface area contributed by atoms with E-state index in [9.17, 15) is 9.90 Å². The van der Waals surface area contributed by atoms with Crippen LogP contribution in [0, 0.1) is 0 Å². The fourth-order valence-electron chi connectivity index (χ4n) is 3.34. The lowest BCUT2D eigenvalue weighted by molar-refractivity contribution is -0.170. The van der Waals surface area contributed by atoms with Gasteiger partial charge in [-0.1, -0.05) is 67.6 Å². The van der Waals surface area contributed by atoms with Crippen LogP contribution >= 0.6 is 0 Å². The molecule has 0 bridgehead atoms. The van der Waals surface area contributed by atoms with Gasteiger partial charge in [0, 0.05) is 13.1 Å². The Morgan fingerprint density at radius 2 is 1.52 bits per heavy atom. The van der Waals surface area contributed by atoms with Crippen molar-refractivity contribution in [3.63, 3.8) is 0 Å². The molecule has 132 valence electrons. The van der Waals surface area contributed by atoms with Crippen LogP contribution in [-0.2, 0) is 15.1 Å². The molecule has 0 radical (unpaired) electrons. The zero-order chi connectivity index (χ0) is 17.7. The number of rotatable bonds is 5. The second kappa shape index (κ2) is 7.81. The van der Waals surface area contributed by atoms with Crippen molar-refractivity contribution < 1.29 is 14.6 Å². The molecule has 0 spiro atoms. The molecule has 4 heteroatoms. The lowest BCUT2D eigenvalue weighted by Gasteiger charge is -2.33. The summed E-state index contributed by atoms with van der Waals surface area (Å²) in [4.78, 5) is 15.3. The first-order valence-corrected chi connectivity index (χ1v) is 8.91. The zero-order valence-corrected chi connectivity index (χ0v) is 14.6. The van der Waals surface area contributed by atoms with Crippen LogP contribution in [0.2, 0.25) is 0 Å². The van der Waals surface area contributed by atoms with Gasteiger partial charge >= 0.3 is 5.97 Å². The number of carbonyl (C=O) groups is 1. The number of nitrogens with zero attached hydrogens (tertiary/aromatic N) is 1. The normalized spacial score (nSPS) is 16.6. The monoisotopic (exact) mass is 339 g/mol. The molecule has 0 atom stereocenters. The predicted molar refractivity (Wildman–Crippen MR) is 97.1 cm³/mol. The van der Waals surface area contributed by atoms with Crippen LogP contribution in [-0.4, -0.2) is 41.7 Å². The Balaban J connectivity index is 1.84. The molecule has 1 aliphatic rings. The van der Waals surface area contributed by atoms with Crippen LogP contribution in [0.4, 0.5) is 0 Å². The first-order valence-electron chi connectivity index (χ1n) is 8.91. The maximum absolute atomic E-state index is 13.0. The molecule has 3 rings (SSSR count). The Labute approximate surface area is 149 Å². The number of aliphatic hydroxyl groups is 1. The second-order valence-corrected chi connectivity index (χ2v) is 6.48. The van der Waals surface area contributed by atoms with E-state index in [4.69, 9.17) is 4.74 Å². The predicted octanol–water partition coefficient (Wildman–Crippen LogP) is 2.95. The van der Waals surface area contributed by atoms with Crippen LogP contribution in [0.5, 0.6) is 0 Å². The van der Waals surface area contributed by atoms with E-state index in [0.717, 1.165) is 32.5 Å². The minimum Gasteiger partial charge on any atom is -0.460 e. The first kappa shape index (κ1) is 17.6. The van der Waals surface area contributed by atoms with Crippen molar-refractivity contribution in [2.45, 2.75) is 31.5 Å². The third kappa shape index (κ3) is 3.75. The fraction of sp³-hybridized carbons (Fsp3) is 0.381. The highest BCUT2D eigenvalue weighted by molar-refractivity contribution is 5.85. The Hall–Kier alpha value is -2.17. The highest BCUT2D eigenvalue weighted by atomic mass is 16.6. The molecule has 2 aromatic carbocycles. The first-order chi connectivity index (χ1) is 12.1. The molecule has 1 aliphatic heterocycles. The Kier molecular flexibility index (Phi) is 5.51. The van der Waals surface area contributed by atoms with Gasteiger partial charge in [-0.3, -0.25) is 0 Å². The maximum atomic E-state index is 13.0. The van der Waals surface area contributed by atoms with Crippen molar-refractivity contribution in [3.05, 3.63) is 71.8 Å². The number of esters is 1. The number of benzene rings is 2. The number of hydrogen-bond donors (Lipinski definition) is 1. The summed E-state index contributed by atoms with van der Waals surface area (Å²) in [6, 6.07) is 18.0. The Morgan fingerprint density at radius 3 is 1.96 bits per heavy atom. The van der Waals surface area contributed by atoms with Crippen molar-refractivity contribution >= 4 is 5.97 Å². The summed E-state index contributed by atoms with van der Waals surface area (Å²) in [6.45, 7) is 4.99. The van der Waals surface area contributed by atoms with Crippen LogP contribution in [0.3, 0.4) is 0 Å². The standard InChI is InChI=1S/C21H25NO3/c1-2-22-15-13-19(14-16-22)25-20(23)21(24,17-9-5-3-6-10-17)18-11-7-4-8-12-18/h3-12,19,24H,2,13-16H2,1H3. The van der Waals surface area contributed by atoms with Crippen LogP contribution in [0.1, 0.15) is 30.9 Å². The van der Waals surface area contributed by atoms with E-state index in [1.807, 2.05) is 36.4 Å². The molecule has 2 aromatic rings. The Bertz CT molecular complexity index is 639. The summed E-state index contributed by atoms with van der Waals surface area (Å²) < 4.78 is 5.74. The van der Waals surface area contributed by atoms with E-state index in [-0.39, 0.29) is 6.10 Å². The molecule has 1 saturated heterocycles. The minimum absolute atomic E-state index is 0.144. The summed E-state index contributed by atoms with van der Waals surface area (Å²) in [7, 11) is 0. The quantitative estimate of drug-likeness (QED) is 0.851. The summed E-state index contributed by atoms with van der Waals surface area (Å²) in [5.74, 6) is -0.597. The molecular formula is C21H25NO3. The number of piperidine rings is 1. The average molecular weight is 339 g/mol. The van der Waals surface area contributed by atoms with Crippen molar-refractivity contribution in [1.82, 2.24) is 4.90 Å². The lowest BCUT2D eigenvalue weighted by Crippen LogP contribution is -2.43. The van der Waals surface area contributed by atoms with E-state index in [1.165, 1.54) is 0 Å². The van der Waals surface area contributed by atoms with Crippen LogP contribution in [0.25, 0.3) is 0 Å². The smallest absolute Gasteiger partial charge is 0.347 e. The maximum Gasteiger partial charge on any atom is 0.347 e. The average Bonchev–Trinajstić information content (AvgIpc) is 2.69. The van der Waals surface area contributed by atoms with E-state index in [1.54, 1.807) is 24.3 Å². The van der Waals surface area contributed by atoms with Gasteiger partial charge in [-0.25, -0.2) is 4.79 Å².